The molecular formula is C16H16Br2N2O. The van der Waals surface area contributed by atoms with Gasteiger partial charge in [0.25, 0.3) is 0 Å². The van der Waals surface area contributed by atoms with Crippen molar-refractivity contribution in [1.29, 1.82) is 0 Å². The molecule has 5 heteroatoms. The normalized spacial score (nSPS) is 14.2. The van der Waals surface area contributed by atoms with Gasteiger partial charge in [-0.05, 0) is 65.5 Å². The molecule has 0 aliphatic heterocycles. The first kappa shape index (κ1) is 15.0. The van der Waals surface area contributed by atoms with E-state index in [-0.39, 0.29) is 0 Å². The Morgan fingerprint density at radius 1 is 1.29 bits per heavy atom. The molecule has 21 heavy (non-hydrogen) atoms. The predicted molar refractivity (Wildman–Crippen MR) is 90.8 cm³/mol. The Labute approximate surface area is 141 Å². The average molecular weight is 412 g/mol. The van der Waals surface area contributed by atoms with E-state index in [0.717, 1.165) is 32.4 Å². The number of aromatic nitrogens is 1. The van der Waals surface area contributed by atoms with E-state index in [4.69, 9.17) is 4.74 Å². The largest absolute Gasteiger partial charge is 0.439 e. The summed E-state index contributed by atoms with van der Waals surface area (Å²) in [5.41, 5.74) is 2.21. The van der Waals surface area contributed by atoms with Gasteiger partial charge in [0.1, 0.15) is 5.75 Å². The number of rotatable bonds is 5. The first-order valence-electron chi connectivity index (χ1n) is 6.93. The zero-order chi connectivity index (χ0) is 14.8. The van der Waals surface area contributed by atoms with Gasteiger partial charge in [-0.2, -0.15) is 0 Å². The fourth-order valence-corrected chi connectivity index (χ4v) is 2.65. The molecule has 1 heterocycles. The maximum Gasteiger partial charge on any atom is 0.223 e. The summed E-state index contributed by atoms with van der Waals surface area (Å²) in [6, 6.07) is 8.66. The maximum absolute atomic E-state index is 5.96. The Kier molecular flexibility index (Phi) is 4.62. The van der Waals surface area contributed by atoms with Crippen molar-refractivity contribution in [3.05, 3.63) is 50.5 Å². The molecule has 0 radical (unpaired) electrons. The molecule has 1 N–H and O–H groups in total. The Morgan fingerprint density at radius 2 is 2.10 bits per heavy atom. The number of nitrogens with one attached hydrogen (secondary N) is 1. The predicted octanol–water partition coefficient (Wildman–Crippen LogP) is 4.96. The van der Waals surface area contributed by atoms with Gasteiger partial charge in [-0.15, -0.1) is 0 Å². The Balaban J connectivity index is 1.80. The number of ether oxygens (including phenoxy) is 1. The number of hydrogen-bond acceptors (Lipinski definition) is 3. The van der Waals surface area contributed by atoms with Crippen LogP contribution in [0.2, 0.25) is 0 Å². The lowest BCUT2D eigenvalue weighted by atomic mass is 10.2. The fraction of sp³-hybridized carbons (Fsp3) is 0.312. The molecule has 3 rings (SSSR count). The third-order valence-corrected chi connectivity index (χ3v) is 4.72. The summed E-state index contributed by atoms with van der Waals surface area (Å²) in [6.45, 7) is 2.82. The lowest BCUT2D eigenvalue weighted by Crippen LogP contribution is -2.16. The third-order valence-electron chi connectivity index (χ3n) is 3.39. The molecule has 3 nitrogen and oxygen atoms in total. The van der Waals surface area contributed by atoms with E-state index in [1.807, 2.05) is 25.1 Å². The second-order valence-electron chi connectivity index (χ2n) is 5.29. The van der Waals surface area contributed by atoms with Gasteiger partial charge < -0.3 is 10.1 Å². The highest BCUT2D eigenvalue weighted by atomic mass is 79.9. The van der Waals surface area contributed by atoms with Crippen molar-refractivity contribution < 1.29 is 4.74 Å². The standard InChI is InChI=1S/C16H16Br2N2O/c1-10-6-14(4-5-15(10)18)21-16-11(7-12(17)9-20-16)8-19-13-2-3-13/h4-7,9,13,19H,2-3,8H2,1H3. The maximum atomic E-state index is 5.96. The zero-order valence-electron chi connectivity index (χ0n) is 11.7. The quantitative estimate of drug-likeness (QED) is 0.754. The van der Waals surface area contributed by atoms with E-state index in [1.165, 1.54) is 12.8 Å². The second kappa shape index (κ2) is 6.46. The van der Waals surface area contributed by atoms with E-state index < -0.39 is 0 Å². The minimum atomic E-state index is 0.659. The van der Waals surface area contributed by atoms with E-state index in [1.54, 1.807) is 6.20 Å². The number of nitrogens with zero attached hydrogens (tertiary/aromatic N) is 1. The molecule has 0 saturated heterocycles. The molecule has 1 fully saturated rings. The smallest absolute Gasteiger partial charge is 0.223 e. The van der Waals surface area contributed by atoms with Crippen LogP contribution in [0.25, 0.3) is 0 Å². The SMILES string of the molecule is Cc1cc(Oc2ncc(Br)cc2CNC2CC2)ccc1Br. The number of aryl methyl sites for hydroxylation is 1. The molecule has 0 bridgehead atoms. The number of benzene rings is 1. The van der Waals surface area contributed by atoms with Crippen LogP contribution < -0.4 is 10.1 Å². The highest BCUT2D eigenvalue weighted by Gasteiger charge is 2.21. The van der Waals surface area contributed by atoms with Gasteiger partial charge in [-0.3, -0.25) is 0 Å². The molecule has 0 unspecified atom stereocenters. The molecule has 0 spiro atoms. The highest BCUT2D eigenvalue weighted by molar-refractivity contribution is 9.10. The minimum Gasteiger partial charge on any atom is -0.439 e. The summed E-state index contributed by atoms with van der Waals surface area (Å²) in [6.07, 6.45) is 4.30. The van der Waals surface area contributed by atoms with Gasteiger partial charge in [-0.25, -0.2) is 4.98 Å². The van der Waals surface area contributed by atoms with Crippen LogP contribution in [0, 0.1) is 6.92 Å². The monoisotopic (exact) mass is 410 g/mol. The van der Waals surface area contributed by atoms with Crippen LogP contribution in [0.5, 0.6) is 11.6 Å². The topological polar surface area (TPSA) is 34.1 Å². The van der Waals surface area contributed by atoms with Crippen LogP contribution in [0.1, 0.15) is 24.0 Å². The third kappa shape index (κ3) is 4.05. The molecule has 1 aliphatic carbocycles. The Hall–Kier alpha value is -0.910. The fourth-order valence-electron chi connectivity index (χ4n) is 2.02. The summed E-state index contributed by atoms with van der Waals surface area (Å²) in [5.74, 6) is 1.46. The van der Waals surface area contributed by atoms with Gasteiger partial charge in [-0.1, -0.05) is 15.9 Å². The van der Waals surface area contributed by atoms with Gasteiger partial charge >= 0.3 is 0 Å². The van der Waals surface area contributed by atoms with Gasteiger partial charge in [0.2, 0.25) is 5.88 Å². The lowest BCUT2D eigenvalue weighted by Gasteiger charge is -2.12. The van der Waals surface area contributed by atoms with E-state index in [9.17, 15) is 0 Å². The average Bonchev–Trinajstić information content (AvgIpc) is 3.27. The Bertz CT molecular complexity index is 657. The van der Waals surface area contributed by atoms with Crippen LogP contribution in [0.4, 0.5) is 0 Å². The van der Waals surface area contributed by atoms with Gasteiger partial charge in [0.15, 0.2) is 0 Å². The van der Waals surface area contributed by atoms with Crippen molar-refractivity contribution in [2.75, 3.05) is 0 Å². The van der Waals surface area contributed by atoms with Crippen molar-refractivity contribution in [1.82, 2.24) is 10.3 Å². The van der Waals surface area contributed by atoms with Crippen molar-refractivity contribution in [2.45, 2.75) is 32.4 Å². The van der Waals surface area contributed by atoms with Crippen LogP contribution in [-0.2, 0) is 6.54 Å². The van der Waals surface area contributed by atoms with E-state index >= 15 is 0 Å². The minimum absolute atomic E-state index is 0.659. The van der Waals surface area contributed by atoms with Crippen molar-refractivity contribution in [2.24, 2.45) is 0 Å². The molecule has 2 aromatic rings. The van der Waals surface area contributed by atoms with Gasteiger partial charge in [0, 0.05) is 33.3 Å². The summed E-state index contributed by atoms with van der Waals surface area (Å²) < 4.78 is 8.01. The summed E-state index contributed by atoms with van der Waals surface area (Å²) in [4.78, 5) is 4.40. The van der Waals surface area contributed by atoms with Crippen molar-refractivity contribution in [3.63, 3.8) is 0 Å². The van der Waals surface area contributed by atoms with Crippen LogP contribution >= 0.6 is 31.9 Å². The Morgan fingerprint density at radius 3 is 2.81 bits per heavy atom. The van der Waals surface area contributed by atoms with E-state index in [0.29, 0.717) is 11.9 Å². The van der Waals surface area contributed by atoms with Crippen molar-refractivity contribution >= 4 is 31.9 Å². The molecular weight excluding hydrogens is 396 g/mol. The number of halogens is 2. The van der Waals surface area contributed by atoms with Gasteiger partial charge in [0.05, 0.1) is 0 Å². The summed E-state index contributed by atoms with van der Waals surface area (Å²) in [5, 5.41) is 3.50. The molecule has 1 aliphatic rings. The summed E-state index contributed by atoms with van der Waals surface area (Å²) in [7, 11) is 0. The van der Waals surface area contributed by atoms with Crippen LogP contribution in [0.15, 0.2) is 39.4 Å². The van der Waals surface area contributed by atoms with Crippen molar-refractivity contribution in [3.8, 4) is 11.6 Å². The molecule has 0 atom stereocenters. The first-order valence-corrected chi connectivity index (χ1v) is 8.52. The van der Waals surface area contributed by atoms with Crippen LogP contribution in [-0.4, -0.2) is 11.0 Å². The second-order valence-corrected chi connectivity index (χ2v) is 7.06. The molecule has 1 aromatic carbocycles. The lowest BCUT2D eigenvalue weighted by molar-refractivity contribution is 0.452. The van der Waals surface area contributed by atoms with E-state index in [2.05, 4.69) is 48.2 Å². The number of pyridine rings is 1. The highest BCUT2D eigenvalue weighted by Crippen LogP contribution is 2.29. The molecule has 110 valence electrons. The van der Waals surface area contributed by atoms with Crippen LogP contribution in [0.3, 0.4) is 0 Å². The molecule has 1 aromatic heterocycles. The zero-order valence-corrected chi connectivity index (χ0v) is 14.9. The molecule has 1 saturated carbocycles. The number of hydrogen-bond donors (Lipinski definition) is 1. The summed E-state index contributed by atoms with van der Waals surface area (Å²) >= 11 is 6.97. The molecule has 0 amide bonds. The first-order chi connectivity index (χ1) is 10.1.